The van der Waals surface area contributed by atoms with Crippen LogP contribution in [-0.2, 0) is 0 Å². The highest BCUT2D eigenvalue weighted by molar-refractivity contribution is 6.25. The second-order valence-corrected chi connectivity index (χ2v) is 11.8. The summed E-state index contributed by atoms with van der Waals surface area (Å²) in [6.45, 7) is 0. The SMILES string of the molecule is [2H]c1c([2H])c([2H])c2c(-c3cc4ccccc4c4ccccc34)c3c([2H])c([2H])c([2H])c([2H])c3c(-c3ccc(-c4cccc5c4oc4ccccc45)cc3)c2c1[2H]. The summed E-state index contributed by atoms with van der Waals surface area (Å²) >= 11 is 0. The molecule has 9 aromatic carbocycles. The molecule has 1 heterocycles. The minimum absolute atomic E-state index is 0.183. The predicted molar refractivity (Wildman–Crippen MR) is 200 cm³/mol. The number of furan rings is 1. The molecule has 10 aromatic rings. The quantitative estimate of drug-likeness (QED) is 0.144. The van der Waals surface area contributed by atoms with E-state index in [1.165, 1.54) is 0 Å². The number of hydrogen-bond acceptors (Lipinski definition) is 1. The first kappa shape index (κ1) is 19.4. The molecular formula is C46H28O. The molecule has 0 N–H and O–H groups in total. The molecule has 0 bridgehead atoms. The fraction of sp³-hybridized carbons (Fsp3) is 0. The zero-order valence-corrected chi connectivity index (χ0v) is 25.0. The maximum Gasteiger partial charge on any atom is 0.143 e. The lowest BCUT2D eigenvalue weighted by Gasteiger charge is -2.19. The van der Waals surface area contributed by atoms with E-state index in [0.717, 1.165) is 54.6 Å². The zero-order valence-electron chi connectivity index (χ0n) is 33.0. The molecule has 0 saturated carbocycles. The van der Waals surface area contributed by atoms with Crippen molar-refractivity contribution in [1.82, 2.24) is 0 Å². The van der Waals surface area contributed by atoms with E-state index >= 15 is 0 Å². The van der Waals surface area contributed by atoms with Gasteiger partial charge >= 0.3 is 0 Å². The van der Waals surface area contributed by atoms with E-state index in [9.17, 15) is 5.48 Å². The maximum atomic E-state index is 9.42. The van der Waals surface area contributed by atoms with Crippen molar-refractivity contribution in [3.8, 4) is 33.4 Å². The van der Waals surface area contributed by atoms with Gasteiger partial charge in [0.1, 0.15) is 11.2 Å². The smallest absolute Gasteiger partial charge is 0.143 e. The van der Waals surface area contributed by atoms with Gasteiger partial charge in [0.2, 0.25) is 0 Å². The predicted octanol–water partition coefficient (Wildman–Crippen LogP) is 13.2. The van der Waals surface area contributed by atoms with Crippen LogP contribution >= 0.6 is 0 Å². The summed E-state index contributed by atoms with van der Waals surface area (Å²) in [7, 11) is 0. The summed E-state index contributed by atoms with van der Waals surface area (Å²) in [5, 5.41) is 6.33. The third kappa shape index (κ3) is 3.90. The summed E-state index contributed by atoms with van der Waals surface area (Å²) < 4.78 is 79.3. The van der Waals surface area contributed by atoms with Crippen molar-refractivity contribution in [2.75, 3.05) is 0 Å². The minimum Gasteiger partial charge on any atom is -0.455 e. The van der Waals surface area contributed by atoms with Gasteiger partial charge in [-0.05, 0) is 83.0 Å². The van der Waals surface area contributed by atoms with Gasteiger partial charge in [-0.15, -0.1) is 0 Å². The lowest BCUT2D eigenvalue weighted by Crippen LogP contribution is -1.92. The van der Waals surface area contributed by atoms with E-state index in [0.29, 0.717) is 22.3 Å². The van der Waals surface area contributed by atoms with Crippen LogP contribution in [0.2, 0.25) is 0 Å². The van der Waals surface area contributed by atoms with Crippen molar-refractivity contribution in [3.63, 3.8) is 0 Å². The fourth-order valence-corrected chi connectivity index (χ4v) is 7.24. The Labute approximate surface area is 283 Å². The van der Waals surface area contributed by atoms with Gasteiger partial charge in [-0.25, -0.2) is 0 Å². The van der Waals surface area contributed by atoms with Crippen LogP contribution < -0.4 is 0 Å². The molecule has 0 fully saturated rings. The molecule has 218 valence electrons. The fourth-order valence-electron chi connectivity index (χ4n) is 7.24. The lowest BCUT2D eigenvalue weighted by molar-refractivity contribution is 0.670. The minimum atomic E-state index is -0.429. The Hall–Kier alpha value is -6.18. The average Bonchev–Trinajstić information content (AvgIpc) is 3.61. The van der Waals surface area contributed by atoms with Gasteiger partial charge in [0.15, 0.2) is 0 Å². The largest absolute Gasteiger partial charge is 0.455 e. The highest BCUT2D eigenvalue weighted by Crippen LogP contribution is 2.47. The molecule has 1 heteroatoms. The summed E-state index contributed by atoms with van der Waals surface area (Å²) in [5.41, 5.74) is 5.04. The van der Waals surface area contributed by atoms with Crippen LogP contribution in [0.1, 0.15) is 11.0 Å². The molecule has 1 aromatic heterocycles. The monoisotopic (exact) mass is 604 g/mol. The molecule has 10 rings (SSSR count). The molecule has 0 spiro atoms. The molecule has 0 aliphatic heterocycles. The summed E-state index contributed by atoms with van der Waals surface area (Å²) in [5.74, 6) is 0. The van der Waals surface area contributed by atoms with Gasteiger partial charge in [0.05, 0.1) is 11.0 Å². The molecule has 0 unspecified atom stereocenters. The van der Waals surface area contributed by atoms with Crippen molar-refractivity contribution in [1.29, 1.82) is 0 Å². The third-order valence-electron chi connectivity index (χ3n) is 9.30. The number of fused-ring (bicyclic) bond motifs is 8. The van der Waals surface area contributed by atoms with Crippen LogP contribution in [0.25, 0.3) is 98.4 Å². The first-order chi connectivity index (χ1) is 26.7. The Kier molecular flexibility index (Phi) is 4.19. The summed E-state index contributed by atoms with van der Waals surface area (Å²) in [4.78, 5) is 0. The molecule has 47 heavy (non-hydrogen) atoms. The Balaban J connectivity index is 1.36. The van der Waals surface area contributed by atoms with Gasteiger partial charge in [-0.2, -0.15) is 0 Å². The normalized spacial score (nSPS) is 14.2. The summed E-state index contributed by atoms with van der Waals surface area (Å²) in [6.07, 6.45) is 0. The molecule has 1 nitrogen and oxygen atoms in total. The van der Waals surface area contributed by atoms with Crippen LogP contribution in [-0.4, -0.2) is 0 Å². The van der Waals surface area contributed by atoms with Crippen LogP contribution in [0.4, 0.5) is 0 Å². The van der Waals surface area contributed by atoms with Gasteiger partial charge in [0, 0.05) is 16.3 Å². The van der Waals surface area contributed by atoms with E-state index in [-0.39, 0.29) is 45.7 Å². The maximum absolute atomic E-state index is 9.42. The Morgan fingerprint density at radius 1 is 0.383 bits per heavy atom. The first-order valence-electron chi connectivity index (χ1n) is 19.5. The zero-order chi connectivity index (χ0) is 37.9. The lowest BCUT2D eigenvalue weighted by atomic mass is 9.83. The average molecular weight is 605 g/mol. The number of para-hydroxylation sites is 2. The Bertz CT molecular complexity index is 3210. The van der Waals surface area contributed by atoms with Crippen LogP contribution in [0, 0.1) is 0 Å². The van der Waals surface area contributed by atoms with E-state index < -0.39 is 24.2 Å². The van der Waals surface area contributed by atoms with Crippen molar-refractivity contribution in [2.45, 2.75) is 0 Å². The van der Waals surface area contributed by atoms with Gasteiger partial charge in [-0.1, -0.05) is 158 Å². The Morgan fingerprint density at radius 3 is 1.66 bits per heavy atom. The second-order valence-electron chi connectivity index (χ2n) is 11.8. The van der Waals surface area contributed by atoms with E-state index in [1.54, 1.807) is 0 Å². The molecule has 0 saturated heterocycles. The van der Waals surface area contributed by atoms with Crippen LogP contribution in [0.15, 0.2) is 174 Å². The van der Waals surface area contributed by atoms with E-state index in [1.807, 2.05) is 121 Å². The number of benzene rings is 9. The van der Waals surface area contributed by atoms with Crippen molar-refractivity contribution in [3.05, 3.63) is 170 Å². The van der Waals surface area contributed by atoms with Crippen LogP contribution in [0.5, 0.6) is 0 Å². The van der Waals surface area contributed by atoms with E-state index in [2.05, 4.69) is 0 Å². The highest BCUT2D eigenvalue weighted by atomic mass is 16.3. The van der Waals surface area contributed by atoms with Gasteiger partial charge in [-0.3, -0.25) is 0 Å². The molecule has 0 atom stereocenters. The molecular weight excluding hydrogens is 569 g/mol. The van der Waals surface area contributed by atoms with E-state index in [4.69, 9.17) is 9.90 Å². The van der Waals surface area contributed by atoms with Gasteiger partial charge < -0.3 is 4.42 Å². The Morgan fingerprint density at radius 2 is 0.936 bits per heavy atom. The first-order valence-corrected chi connectivity index (χ1v) is 15.5. The molecule has 0 aliphatic rings. The highest BCUT2D eigenvalue weighted by Gasteiger charge is 2.19. The van der Waals surface area contributed by atoms with Crippen molar-refractivity contribution in [2.24, 2.45) is 0 Å². The van der Waals surface area contributed by atoms with Crippen molar-refractivity contribution >= 4 is 65.0 Å². The topological polar surface area (TPSA) is 13.1 Å². The molecule has 0 amide bonds. The molecule has 0 radical (unpaired) electrons. The molecule has 0 aliphatic carbocycles. The number of hydrogen-bond donors (Lipinski definition) is 0. The van der Waals surface area contributed by atoms with Crippen molar-refractivity contribution < 1.29 is 15.4 Å². The van der Waals surface area contributed by atoms with Gasteiger partial charge in [0.25, 0.3) is 0 Å². The summed E-state index contributed by atoms with van der Waals surface area (Å²) in [6, 6.07) is 36.2. The van der Waals surface area contributed by atoms with Crippen LogP contribution in [0.3, 0.4) is 0 Å². The standard InChI is InChI=1S/C46H28O/c1-2-13-32-31(12-1)28-42(35-15-4-3-14-34(32)35)45-39-19-7-5-17-37(39)44(38-18-6-8-20-40(38)45)30-26-24-29(25-27-30)33-21-11-22-41-36-16-9-10-23-43(36)47-46(33)41/h1-28H/i5D,6D,7D,8D,17D,18D,19D,20D. The second kappa shape index (κ2) is 10.2. The number of rotatable bonds is 3. The third-order valence-corrected chi connectivity index (χ3v) is 9.30.